The van der Waals surface area contributed by atoms with E-state index in [4.69, 9.17) is 35.6 Å². The molecule has 1 aromatic heterocycles. The standard InChI is InChI=1S/C41H49ClF3N7O9/c1-25-34(61-40(57)59-25)24-58-35(53)23-48-11-7-28(8-12-48)49-16-18-50(19-17-49)37(54)33(22-26-20-30(41(43,44)45)36(46)31(42)21-26)60-39(56)51-13-9-29(10-14-51)52-15-6-27-4-2-3-5-32(27)47-38(52)55/h2-5,20-21,28-29,33H,6-19,22-24,46H2,1H3,(H,47,55). The van der Waals surface area contributed by atoms with Crippen LogP contribution in [0.2, 0.25) is 5.02 Å². The molecule has 16 nitrogen and oxygen atoms in total. The lowest BCUT2D eigenvalue weighted by molar-refractivity contribution is -0.147. The van der Waals surface area contributed by atoms with Gasteiger partial charge in [-0.2, -0.15) is 13.2 Å². The second kappa shape index (κ2) is 18.8. The van der Waals surface area contributed by atoms with E-state index in [2.05, 4.69) is 10.2 Å². The van der Waals surface area contributed by atoms with Crippen LogP contribution in [-0.4, -0.2) is 132 Å². The number of nitrogens with zero attached hydrogens (tertiary/aromatic N) is 5. The minimum Gasteiger partial charge on any atom is -0.456 e. The molecular formula is C41H49ClF3N7O9. The number of nitrogens with one attached hydrogen (secondary N) is 1. The van der Waals surface area contributed by atoms with Crippen LogP contribution in [0.25, 0.3) is 0 Å². The minimum absolute atomic E-state index is 0.0297. The average molecular weight is 876 g/mol. The van der Waals surface area contributed by atoms with Gasteiger partial charge in [0.1, 0.15) is 0 Å². The largest absolute Gasteiger partial charge is 0.519 e. The molecule has 0 saturated carbocycles. The highest BCUT2D eigenvalue weighted by atomic mass is 35.5. The molecule has 3 aromatic rings. The van der Waals surface area contributed by atoms with E-state index in [1.807, 2.05) is 29.2 Å². The van der Waals surface area contributed by atoms with Crippen molar-refractivity contribution in [1.29, 1.82) is 0 Å². The van der Waals surface area contributed by atoms with Crippen LogP contribution in [0.15, 0.2) is 50.0 Å². The summed E-state index contributed by atoms with van der Waals surface area (Å²) in [5, 5.41) is 2.64. The number of hydrogen-bond acceptors (Lipinski definition) is 12. The molecule has 3 fully saturated rings. The number of carbonyl (C=O) groups excluding carboxylic acids is 4. The number of benzene rings is 2. The van der Waals surface area contributed by atoms with E-state index in [-0.39, 0.29) is 72.9 Å². The number of esters is 1. The molecule has 0 radical (unpaired) electrons. The van der Waals surface area contributed by atoms with Crippen molar-refractivity contribution in [3.05, 3.63) is 80.2 Å². The number of ether oxygens (including phenoxy) is 2. The molecule has 4 aliphatic heterocycles. The predicted molar refractivity (Wildman–Crippen MR) is 215 cm³/mol. The van der Waals surface area contributed by atoms with E-state index in [9.17, 15) is 37.1 Å². The van der Waals surface area contributed by atoms with E-state index < -0.39 is 47.3 Å². The van der Waals surface area contributed by atoms with E-state index >= 15 is 0 Å². The van der Waals surface area contributed by atoms with Crippen LogP contribution in [0.4, 0.5) is 34.1 Å². The van der Waals surface area contributed by atoms with Gasteiger partial charge in [0.25, 0.3) is 5.91 Å². The first-order valence-electron chi connectivity index (χ1n) is 20.4. The van der Waals surface area contributed by atoms with Gasteiger partial charge in [-0.25, -0.2) is 14.4 Å². The van der Waals surface area contributed by atoms with E-state index in [1.54, 1.807) is 16.7 Å². The van der Waals surface area contributed by atoms with Gasteiger partial charge < -0.3 is 44.1 Å². The predicted octanol–water partition coefficient (Wildman–Crippen LogP) is 4.75. The Hall–Kier alpha value is -5.27. The van der Waals surface area contributed by atoms with Gasteiger partial charge in [-0.3, -0.25) is 19.4 Å². The fraction of sp³-hybridized carbons (Fsp3) is 0.537. The van der Waals surface area contributed by atoms with Gasteiger partial charge in [0.2, 0.25) is 0 Å². The number of nitrogens with two attached hydrogens (primary N) is 1. The maximum absolute atomic E-state index is 14.2. The van der Waals surface area contributed by atoms with E-state index in [0.29, 0.717) is 65.1 Å². The van der Waals surface area contributed by atoms with Crippen molar-refractivity contribution in [1.82, 2.24) is 24.5 Å². The topological polar surface area (TPSA) is 184 Å². The number of aryl methyl sites for hydroxylation is 1. The summed E-state index contributed by atoms with van der Waals surface area (Å²) in [6.45, 7) is 5.32. The molecule has 3 N–H and O–H groups in total. The monoisotopic (exact) mass is 875 g/mol. The quantitative estimate of drug-likeness (QED) is 0.211. The van der Waals surface area contributed by atoms with Crippen LogP contribution in [0.1, 0.15) is 53.9 Å². The van der Waals surface area contributed by atoms with Gasteiger partial charge in [-0.1, -0.05) is 29.8 Å². The van der Waals surface area contributed by atoms with Gasteiger partial charge in [0, 0.05) is 83.1 Å². The molecule has 7 rings (SSSR count). The minimum atomic E-state index is -4.81. The molecule has 1 atom stereocenters. The van der Waals surface area contributed by atoms with Gasteiger partial charge in [0.05, 0.1) is 22.8 Å². The number of fused-ring (bicyclic) bond motifs is 1. The SMILES string of the molecule is Cc1oc(=O)oc1COC(=O)CN1CCC(N2CCN(C(=O)C(Cc3cc(Cl)c(N)c(C(F)(F)F)c3)OC(=O)N3CCC(N4CCc5ccccc5NC4=O)CC3)CC2)CC1. The van der Waals surface area contributed by atoms with E-state index in [0.717, 1.165) is 30.2 Å². The summed E-state index contributed by atoms with van der Waals surface area (Å²) in [7, 11) is 0. The van der Waals surface area contributed by atoms with Crippen molar-refractivity contribution in [3.8, 4) is 0 Å². The normalized spacial score (nSPS) is 19.2. The summed E-state index contributed by atoms with van der Waals surface area (Å²) < 4.78 is 62.6. The fourth-order valence-corrected chi connectivity index (χ4v) is 8.79. The second-order valence-electron chi connectivity index (χ2n) is 15.8. The molecule has 1 unspecified atom stereocenters. The van der Waals surface area contributed by atoms with Gasteiger partial charge >= 0.3 is 30.1 Å². The highest BCUT2D eigenvalue weighted by Gasteiger charge is 2.38. The van der Waals surface area contributed by atoms with Gasteiger partial charge in [-0.05, 0) is 68.4 Å². The van der Waals surface area contributed by atoms with Crippen LogP contribution in [0, 0.1) is 6.92 Å². The van der Waals surface area contributed by atoms with Crippen LogP contribution in [0.5, 0.6) is 0 Å². The zero-order valence-corrected chi connectivity index (χ0v) is 34.5. The second-order valence-corrected chi connectivity index (χ2v) is 16.2. The van der Waals surface area contributed by atoms with E-state index in [1.165, 1.54) is 11.0 Å². The Labute approximate surface area is 354 Å². The zero-order valence-electron chi connectivity index (χ0n) is 33.7. The Morgan fingerprint density at radius 2 is 1.61 bits per heavy atom. The van der Waals surface area contributed by atoms with Crippen molar-refractivity contribution in [2.24, 2.45) is 0 Å². The molecule has 61 heavy (non-hydrogen) atoms. The lowest BCUT2D eigenvalue weighted by Gasteiger charge is -2.43. The van der Waals surface area contributed by atoms with Crippen molar-refractivity contribution in [2.75, 3.05) is 76.5 Å². The molecule has 4 amide bonds. The summed E-state index contributed by atoms with van der Waals surface area (Å²) in [5.41, 5.74) is 5.73. The number of anilines is 2. The van der Waals surface area contributed by atoms with Gasteiger partial charge in [0.15, 0.2) is 24.2 Å². The Morgan fingerprint density at radius 1 is 0.918 bits per heavy atom. The van der Waals surface area contributed by atoms with Crippen molar-refractivity contribution >= 4 is 47.0 Å². The number of amides is 4. The smallest absolute Gasteiger partial charge is 0.456 e. The fourth-order valence-electron chi connectivity index (χ4n) is 8.55. The summed E-state index contributed by atoms with van der Waals surface area (Å²) in [5.74, 6) is -1.44. The maximum atomic E-state index is 14.2. The van der Waals surface area contributed by atoms with Crippen molar-refractivity contribution < 1.29 is 50.7 Å². The number of halogens is 4. The third-order valence-electron chi connectivity index (χ3n) is 12.0. The lowest BCUT2D eigenvalue weighted by atomic mass is 10.0. The zero-order chi connectivity index (χ0) is 43.4. The number of rotatable bonds is 10. The highest BCUT2D eigenvalue weighted by molar-refractivity contribution is 6.33. The molecule has 0 aliphatic carbocycles. The number of likely N-dealkylation sites (tertiary alicyclic amines) is 2. The number of para-hydroxylation sites is 1. The molecule has 3 saturated heterocycles. The number of carbonyl (C=O) groups is 4. The van der Waals surface area contributed by atoms with Crippen LogP contribution in [0.3, 0.4) is 0 Å². The number of hydrogen-bond donors (Lipinski definition) is 2. The average Bonchev–Trinajstić information content (AvgIpc) is 3.46. The molecule has 20 heteroatoms. The Kier molecular flexibility index (Phi) is 13.5. The van der Waals surface area contributed by atoms with Crippen LogP contribution in [-0.2, 0) is 44.7 Å². The number of alkyl halides is 3. The molecule has 330 valence electrons. The first-order chi connectivity index (χ1) is 29.1. The summed E-state index contributed by atoms with van der Waals surface area (Å²) >= 11 is 6.14. The van der Waals surface area contributed by atoms with Crippen molar-refractivity contribution in [2.45, 2.75) is 76.4 Å². The number of piperidine rings is 2. The summed E-state index contributed by atoms with van der Waals surface area (Å²) in [6.07, 6.45) is -4.26. The molecule has 2 aromatic carbocycles. The first-order valence-corrected chi connectivity index (χ1v) is 20.8. The Morgan fingerprint density at radius 3 is 2.28 bits per heavy atom. The molecule has 5 heterocycles. The molecule has 4 aliphatic rings. The molecule has 0 bridgehead atoms. The summed E-state index contributed by atoms with van der Waals surface area (Å²) in [6, 6.07) is 9.55. The third-order valence-corrected chi connectivity index (χ3v) is 12.3. The third kappa shape index (κ3) is 10.6. The Balaban J connectivity index is 0.942. The Bertz CT molecular complexity index is 2140. The van der Waals surface area contributed by atoms with Crippen LogP contribution < -0.4 is 16.9 Å². The maximum Gasteiger partial charge on any atom is 0.519 e. The number of nitrogen functional groups attached to an aromatic ring is 1. The summed E-state index contributed by atoms with van der Waals surface area (Å²) in [4.78, 5) is 73.8. The molecular weight excluding hydrogens is 827 g/mol. The lowest BCUT2D eigenvalue weighted by Crippen LogP contribution is -2.57. The van der Waals surface area contributed by atoms with Crippen molar-refractivity contribution in [3.63, 3.8) is 0 Å². The van der Waals surface area contributed by atoms with Gasteiger partial charge in [-0.15, -0.1) is 0 Å². The number of piperazine rings is 1. The number of urea groups is 1. The first kappa shape index (κ1) is 43.8. The molecule has 0 spiro atoms. The van der Waals surface area contributed by atoms with Crippen LogP contribution >= 0.6 is 11.6 Å². The highest BCUT2D eigenvalue weighted by Crippen LogP contribution is 2.38.